The molecule has 116 valence electrons. The summed E-state index contributed by atoms with van der Waals surface area (Å²) in [5.41, 5.74) is 0. The predicted octanol–water partition coefficient (Wildman–Crippen LogP) is 3.59. The average molecular weight is 308 g/mol. The molecule has 2 heterocycles. The van der Waals surface area contributed by atoms with E-state index in [1.807, 2.05) is 18.2 Å². The molecule has 2 bridgehead atoms. The number of hydrogen-bond donors (Lipinski definition) is 0. The standard InChI is InChI=1S/C17H24O3S/c1-2-3-9-15-16-11-10-13(20-16)12-17(15)21(18,19)14-7-5-4-6-8-14/h4-8,13,15-17H,2-3,9-12H2,1H3/t13-,15+,16+,17+/m1/s1. The number of sulfone groups is 1. The van der Waals surface area contributed by atoms with Crippen LogP contribution in [0.4, 0.5) is 0 Å². The van der Waals surface area contributed by atoms with E-state index in [0.29, 0.717) is 11.3 Å². The third-order valence-corrected chi connectivity index (χ3v) is 7.22. The predicted molar refractivity (Wildman–Crippen MR) is 82.9 cm³/mol. The summed E-state index contributed by atoms with van der Waals surface area (Å²) in [6, 6.07) is 8.93. The van der Waals surface area contributed by atoms with Gasteiger partial charge in [-0.3, -0.25) is 0 Å². The van der Waals surface area contributed by atoms with Crippen LogP contribution >= 0.6 is 0 Å². The van der Waals surface area contributed by atoms with Gasteiger partial charge in [0.25, 0.3) is 0 Å². The van der Waals surface area contributed by atoms with Gasteiger partial charge in [-0.25, -0.2) is 8.42 Å². The Morgan fingerprint density at radius 1 is 1.19 bits per heavy atom. The summed E-state index contributed by atoms with van der Waals surface area (Å²) >= 11 is 0. The highest BCUT2D eigenvalue weighted by atomic mass is 32.2. The van der Waals surface area contributed by atoms with E-state index in [-0.39, 0.29) is 23.4 Å². The summed E-state index contributed by atoms with van der Waals surface area (Å²) in [4.78, 5) is 0.470. The number of fused-ring (bicyclic) bond motifs is 2. The van der Waals surface area contributed by atoms with Crippen molar-refractivity contribution in [1.29, 1.82) is 0 Å². The lowest BCUT2D eigenvalue weighted by atomic mass is 9.90. The van der Waals surface area contributed by atoms with Crippen LogP contribution in [-0.2, 0) is 14.6 Å². The van der Waals surface area contributed by atoms with Crippen molar-refractivity contribution in [2.45, 2.75) is 67.8 Å². The monoisotopic (exact) mass is 308 g/mol. The summed E-state index contributed by atoms with van der Waals surface area (Å²) in [6.07, 6.45) is 6.16. The molecule has 0 aromatic heterocycles. The maximum absolute atomic E-state index is 13.0. The van der Waals surface area contributed by atoms with Gasteiger partial charge in [-0.1, -0.05) is 38.0 Å². The second-order valence-electron chi connectivity index (χ2n) is 6.31. The van der Waals surface area contributed by atoms with Gasteiger partial charge in [0.1, 0.15) is 0 Å². The molecule has 1 aromatic carbocycles. The maximum atomic E-state index is 13.0. The lowest BCUT2D eigenvalue weighted by Gasteiger charge is -2.36. The van der Waals surface area contributed by atoms with Crippen molar-refractivity contribution < 1.29 is 13.2 Å². The highest BCUT2D eigenvalue weighted by molar-refractivity contribution is 7.92. The first-order chi connectivity index (χ1) is 10.1. The SMILES string of the molecule is CCCC[C@H]1[C@@H]2CC[C@H](C[C@@H]1S(=O)(=O)c1ccccc1)O2. The molecule has 2 fully saturated rings. The molecule has 2 aliphatic heterocycles. The van der Waals surface area contributed by atoms with Crippen LogP contribution in [0.3, 0.4) is 0 Å². The number of hydrogen-bond acceptors (Lipinski definition) is 3. The first kappa shape index (κ1) is 15.0. The molecule has 0 spiro atoms. The van der Waals surface area contributed by atoms with Gasteiger partial charge >= 0.3 is 0 Å². The van der Waals surface area contributed by atoms with Crippen LogP contribution in [0.1, 0.15) is 45.4 Å². The molecule has 4 atom stereocenters. The normalized spacial score (nSPS) is 32.2. The molecule has 0 amide bonds. The minimum Gasteiger partial charge on any atom is -0.375 e. The second-order valence-corrected chi connectivity index (χ2v) is 8.48. The Bertz CT molecular complexity index is 567. The number of benzene rings is 1. The van der Waals surface area contributed by atoms with Gasteiger partial charge in [0.05, 0.1) is 22.4 Å². The molecule has 0 aliphatic carbocycles. The highest BCUT2D eigenvalue weighted by Crippen LogP contribution is 2.43. The molecule has 4 heteroatoms. The minimum absolute atomic E-state index is 0.149. The van der Waals surface area contributed by atoms with Crippen molar-refractivity contribution in [3.8, 4) is 0 Å². The van der Waals surface area contributed by atoms with E-state index < -0.39 is 9.84 Å². The van der Waals surface area contributed by atoms with Crippen molar-refractivity contribution in [3.05, 3.63) is 30.3 Å². The molecular formula is C17H24O3S. The smallest absolute Gasteiger partial charge is 0.181 e. The van der Waals surface area contributed by atoms with E-state index in [4.69, 9.17) is 4.74 Å². The zero-order chi connectivity index (χ0) is 14.9. The molecular weight excluding hydrogens is 284 g/mol. The van der Waals surface area contributed by atoms with Gasteiger partial charge in [0.15, 0.2) is 9.84 Å². The third-order valence-electron chi connectivity index (χ3n) is 4.95. The van der Waals surface area contributed by atoms with Gasteiger partial charge < -0.3 is 4.74 Å². The van der Waals surface area contributed by atoms with Crippen molar-refractivity contribution in [1.82, 2.24) is 0 Å². The Morgan fingerprint density at radius 3 is 2.67 bits per heavy atom. The summed E-state index contributed by atoms with van der Waals surface area (Å²) in [5, 5.41) is -0.266. The van der Waals surface area contributed by atoms with Crippen molar-refractivity contribution in [3.63, 3.8) is 0 Å². The van der Waals surface area contributed by atoms with E-state index in [1.54, 1.807) is 12.1 Å². The lowest BCUT2D eigenvalue weighted by molar-refractivity contribution is -0.0324. The fourth-order valence-electron chi connectivity index (χ4n) is 3.85. The number of rotatable bonds is 5. The van der Waals surface area contributed by atoms with Gasteiger partial charge in [-0.15, -0.1) is 0 Å². The van der Waals surface area contributed by atoms with E-state index in [9.17, 15) is 8.42 Å². The number of ether oxygens (including phenoxy) is 1. The maximum Gasteiger partial charge on any atom is 0.181 e. The van der Waals surface area contributed by atoms with E-state index in [1.165, 1.54) is 0 Å². The molecule has 2 aliphatic rings. The van der Waals surface area contributed by atoms with Gasteiger partial charge in [0, 0.05) is 5.92 Å². The van der Waals surface area contributed by atoms with E-state index >= 15 is 0 Å². The minimum atomic E-state index is -3.25. The highest BCUT2D eigenvalue weighted by Gasteiger charge is 2.47. The van der Waals surface area contributed by atoms with Crippen LogP contribution in [-0.4, -0.2) is 25.9 Å². The van der Waals surface area contributed by atoms with Crippen LogP contribution in [0, 0.1) is 5.92 Å². The topological polar surface area (TPSA) is 43.4 Å². The molecule has 21 heavy (non-hydrogen) atoms. The Kier molecular flexibility index (Phi) is 4.36. The first-order valence-electron chi connectivity index (χ1n) is 8.07. The Morgan fingerprint density at radius 2 is 1.95 bits per heavy atom. The molecule has 3 nitrogen and oxygen atoms in total. The van der Waals surface area contributed by atoms with Gasteiger partial charge in [-0.2, -0.15) is 0 Å². The van der Waals surface area contributed by atoms with Gasteiger partial charge in [0.2, 0.25) is 0 Å². The molecule has 0 saturated carbocycles. The van der Waals surface area contributed by atoms with Crippen LogP contribution in [0.2, 0.25) is 0 Å². The van der Waals surface area contributed by atoms with Gasteiger partial charge in [-0.05, 0) is 37.8 Å². The first-order valence-corrected chi connectivity index (χ1v) is 9.62. The quantitative estimate of drug-likeness (QED) is 0.835. The Balaban J connectivity index is 1.90. The zero-order valence-electron chi connectivity index (χ0n) is 12.6. The molecule has 0 N–H and O–H groups in total. The summed E-state index contributed by atoms with van der Waals surface area (Å²) in [7, 11) is -3.25. The van der Waals surface area contributed by atoms with Crippen LogP contribution < -0.4 is 0 Å². The summed E-state index contributed by atoms with van der Waals surface area (Å²) in [5.74, 6) is 0.161. The van der Waals surface area contributed by atoms with E-state index in [0.717, 1.165) is 32.1 Å². The third kappa shape index (κ3) is 2.88. The second kappa shape index (κ2) is 6.09. The Hall–Kier alpha value is -0.870. The average Bonchev–Trinajstić information content (AvgIpc) is 2.89. The molecule has 3 rings (SSSR count). The lowest BCUT2D eigenvalue weighted by Crippen LogP contribution is -2.43. The molecule has 0 unspecified atom stereocenters. The zero-order valence-corrected chi connectivity index (χ0v) is 13.4. The molecule has 2 saturated heterocycles. The summed E-state index contributed by atoms with van der Waals surface area (Å²) in [6.45, 7) is 2.15. The largest absolute Gasteiger partial charge is 0.375 e. The Labute approximate surface area is 127 Å². The van der Waals surface area contributed by atoms with Crippen molar-refractivity contribution in [2.75, 3.05) is 0 Å². The molecule has 1 aromatic rings. The van der Waals surface area contributed by atoms with Crippen LogP contribution in [0.5, 0.6) is 0 Å². The fourth-order valence-corrected chi connectivity index (χ4v) is 5.97. The molecule has 0 radical (unpaired) electrons. The van der Waals surface area contributed by atoms with Crippen molar-refractivity contribution in [2.24, 2.45) is 5.92 Å². The summed E-state index contributed by atoms with van der Waals surface area (Å²) < 4.78 is 32.1. The van der Waals surface area contributed by atoms with E-state index in [2.05, 4.69) is 6.92 Å². The van der Waals surface area contributed by atoms with Crippen LogP contribution in [0.15, 0.2) is 35.2 Å². The van der Waals surface area contributed by atoms with Crippen LogP contribution in [0.25, 0.3) is 0 Å². The fraction of sp³-hybridized carbons (Fsp3) is 0.647. The number of unbranched alkanes of at least 4 members (excludes halogenated alkanes) is 1. The van der Waals surface area contributed by atoms with Crippen molar-refractivity contribution >= 4 is 9.84 Å².